The van der Waals surface area contributed by atoms with E-state index in [1.807, 2.05) is 0 Å². The fraction of sp³-hybridized carbons (Fsp3) is 0.792. The van der Waals surface area contributed by atoms with Crippen molar-refractivity contribution in [2.75, 3.05) is 41.0 Å². The molecule has 0 N–H and O–H groups in total. The van der Waals surface area contributed by atoms with Crippen molar-refractivity contribution >= 4 is 17.9 Å². The van der Waals surface area contributed by atoms with E-state index in [0.29, 0.717) is 12.8 Å². The van der Waals surface area contributed by atoms with Crippen LogP contribution in [0.3, 0.4) is 0 Å². The number of carboxylic acids is 1. The monoisotopic (exact) mass is 858 g/mol. The Hall–Kier alpha value is -2.71. The van der Waals surface area contributed by atoms with E-state index < -0.39 is 18.1 Å². The van der Waals surface area contributed by atoms with Gasteiger partial charge in [-0.1, -0.05) is 178 Å². The van der Waals surface area contributed by atoms with E-state index in [4.69, 9.17) is 14.2 Å². The predicted molar refractivity (Wildman–Crippen MR) is 254 cm³/mol. The van der Waals surface area contributed by atoms with Crippen molar-refractivity contribution in [2.24, 2.45) is 0 Å². The molecule has 0 aromatic heterocycles. The normalized spacial score (nSPS) is 13.3. The van der Waals surface area contributed by atoms with Gasteiger partial charge in [-0.3, -0.25) is 9.59 Å². The van der Waals surface area contributed by atoms with Crippen molar-refractivity contribution < 1.29 is 38.2 Å². The number of nitrogens with zero attached hydrogens (tertiary/aromatic N) is 1. The third-order valence-electron chi connectivity index (χ3n) is 11.2. The van der Waals surface area contributed by atoms with E-state index in [9.17, 15) is 19.5 Å². The topological polar surface area (TPSA) is 102 Å². The molecule has 8 heteroatoms. The fourth-order valence-electron chi connectivity index (χ4n) is 7.27. The minimum atomic E-state index is -1.13. The van der Waals surface area contributed by atoms with E-state index in [1.54, 1.807) is 21.1 Å². The molecule has 0 amide bonds. The van der Waals surface area contributed by atoms with Gasteiger partial charge in [-0.15, -0.1) is 0 Å². The Morgan fingerprint density at radius 3 is 1.39 bits per heavy atom. The molecule has 354 valence electrons. The lowest BCUT2D eigenvalue weighted by molar-refractivity contribution is -0.889. The first-order valence-corrected chi connectivity index (χ1v) is 25.2. The third-order valence-corrected chi connectivity index (χ3v) is 11.2. The van der Waals surface area contributed by atoms with Gasteiger partial charge >= 0.3 is 11.9 Å². The molecule has 0 aromatic carbocycles. The zero-order valence-corrected chi connectivity index (χ0v) is 40.3. The molecule has 0 aliphatic carbocycles. The Labute approximate surface area is 376 Å². The van der Waals surface area contributed by atoms with Crippen LogP contribution >= 0.6 is 0 Å². The number of aliphatic carboxylic acids is 1. The van der Waals surface area contributed by atoms with Gasteiger partial charge < -0.3 is 28.6 Å². The van der Waals surface area contributed by atoms with Crippen LogP contribution < -0.4 is 5.11 Å². The highest BCUT2D eigenvalue weighted by Crippen LogP contribution is 2.15. The molecule has 2 unspecified atom stereocenters. The summed E-state index contributed by atoms with van der Waals surface area (Å²) in [4.78, 5) is 37.0. The summed E-state index contributed by atoms with van der Waals surface area (Å²) in [7, 11) is 5.41. The van der Waals surface area contributed by atoms with Crippen molar-refractivity contribution in [3.63, 3.8) is 0 Å². The van der Waals surface area contributed by atoms with Crippen LogP contribution in [0.4, 0.5) is 0 Å². The summed E-state index contributed by atoms with van der Waals surface area (Å²) in [5.74, 6) is -1.74. The van der Waals surface area contributed by atoms with Gasteiger partial charge in [-0.2, -0.15) is 0 Å². The molecule has 0 saturated heterocycles. The molecule has 2 atom stereocenters. The standard InChI is InChI=1S/C53H95NO7/c1-6-8-10-12-14-16-18-20-22-24-25-26-28-29-31-33-35-37-39-41-43-51(55)60-48-49(47-59-46-45-50(53(57)58)54(3,4)5)61-52(56)44-42-40-38-36-34-32-30-27-23-21-19-17-15-13-11-9-7-2/h15-18,20-23,49-50H,6-14,19,24-48H2,1-5H3/b17-15+,18-16+,22-20+,23-21+. The lowest BCUT2D eigenvalue weighted by atomic mass is 10.1. The van der Waals surface area contributed by atoms with Gasteiger partial charge in [-0.05, 0) is 70.6 Å². The van der Waals surface area contributed by atoms with Gasteiger partial charge in [0.15, 0.2) is 6.10 Å². The number of hydrogen-bond donors (Lipinski definition) is 0. The Balaban J connectivity index is 4.27. The number of carbonyl (C=O) groups is 3. The number of unbranched alkanes of at least 4 members (excludes halogenated alkanes) is 24. The highest BCUT2D eigenvalue weighted by Gasteiger charge is 2.25. The second kappa shape index (κ2) is 43.9. The summed E-state index contributed by atoms with van der Waals surface area (Å²) in [5, 5.41) is 11.7. The highest BCUT2D eigenvalue weighted by atomic mass is 16.6. The lowest BCUT2D eigenvalue weighted by Gasteiger charge is -2.34. The summed E-state index contributed by atoms with van der Waals surface area (Å²) in [6.45, 7) is 4.62. The van der Waals surface area contributed by atoms with Crippen LogP contribution in [0.1, 0.15) is 219 Å². The molecule has 0 rings (SSSR count). The number of allylic oxidation sites excluding steroid dienone is 8. The Morgan fingerprint density at radius 2 is 0.918 bits per heavy atom. The number of carboxylic acid groups (broad SMARTS) is 1. The Bertz CT molecular complexity index is 1140. The third kappa shape index (κ3) is 42.4. The van der Waals surface area contributed by atoms with Crippen LogP contribution in [0.15, 0.2) is 48.6 Å². The van der Waals surface area contributed by atoms with Gasteiger partial charge in [0, 0.05) is 19.3 Å². The Kier molecular flexibility index (Phi) is 42.0. The Morgan fingerprint density at radius 1 is 0.508 bits per heavy atom. The minimum Gasteiger partial charge on any atom is -0.544 e. The maximum atomic E-state index is 12.8. The summed E-state index contributed by atoms with van der Waals surface area (Å²) in [6, 6.07) is -0.729. The smallest absolute Gasteiger partial charge is 0.306 e. The minimum absolute atomic E-state index is 0.0365. The first-order valence-electron chi connectivity index (χ1n) is 25.2. The van der Waals surface area contributed by atoms with Crippen LogP contribution in [-0.2, 0) is 28.6 Å². The largest absolute Gasteiger partial charge is 0.544 e. The molecule has 0 aliphatic rings. The van der Waals surface area contributed by atoms with Crippen LogP contribution in [0.5, 0.6) is 0 Å². The summed E-state index contributed by atoms with van der Waals surface area (Å²) in [6.07, 6.45) is 52.7. The second-order valence-electron chi connectivity index (χ2n) is 18.1. The van der Waals surface area contributed by atoms with Crippen LogP contribution in [0.2, 0.25) is 0 Å². The molecular formula is C53H95NO7. The van der Waals surface area contributed by atoms with E-state index in [1.165, 1.54) is 135 Å². The maximum absolute atomic E-state index is 12.8. The number of quaternary nitrogens is 1. The molecular weight excluding hydrogens is 763 g/mol. The van der Waals surface area contributed by atoms with Crippen LogP contribution in [-0.4, -0.2) is 75.5 Å². The number of likely N-dealkylation sites (N-methyl/N-ethyl adjacent to an activating group) is 1. The van der Waals surface area contributed by atoms with Crippen molar-refractivity contribution in [3.8, 4) is 0 Å². The molecule has 61 heavy (non-hydrogen) atoms. The van der Waals surface area contributed by atoms with Crippen molar-refractivity contribution in [3.05, 3.63) is 48.6 Å². The molecule has 0 radical (unpaired) electrons. The summed E-state index contributed by atoms with van der Waals surface area (Å²) in [5.41, 5.74) is 0. The number of hydrogen-bond acceptors (Lipinski definition) is 7. The van der Waals surface area contributed by atoms with Gasteiger partial charge in [0.1, 0.15) is 12.6 Å². The van der Waals surface area contributed by atoms with E-state index in [0.717, 1.165) is 51.4 Å². The van der Waals surface area contributed by atoms with Crippen molar-refractivity contribution in [1.29, 1.82) is 0 Å². The van der Waals surface area contributed by atoms with E-state index >= 15 is 0 Å². The molecule has 0 aliphatic heterocycles. The average molecular weight is 858 g/mol. The molecule has 0 fully saturated rings. The van der Waals surface area contributed by atoms with Crippen LogP contribution in [0.25, 0.3) is 0 Å². The maximum Gasteiger partial charge on any atom is 0.306 e. The van der Waals surface area contributed by atoms with Crippen LogP contribution in [0, 0.1) is 0 Å². The van der Waals surface area contributed by atoms with Crippen molar-refractivity contribution in [2.45, 2.75) is 231 Å². The van der Waals surface area contributed by atoms with Gasteiger partial charge in [0.25, 0.3) is 0 Å². The number of ether oxygens (including phenoxy) is 3. The number of rotatable bonds is 45. The van der Waals surface area contributed by atoms with E-state index in [-0.39, 0.29) is 42.7 Å². The molecule has 8 nitrogen and oxygen atoms in total. The SMILES string of the molecule is CCCCC/C=C/C/C=C/CCCCCCCCCC(=O)OC(COCCC(C(=O)[O-])[N+](C)(C)C)COC(=O)CCCCCCCCCCCC/C=C/C=C/CCCCCC. The second-order valence-corrected chi connectivity index (χ2v) is 18.1. The lowest BCUT2D eigenvalue weighted by Crippen LogP contribution is -2.55. The van der Waals surface area contributed by atoms with Gasteiger partial charge in [0.2, 0.25) is 0 Å². The zero-order valence-electron chi connectivity index (χ0n) is 40.3. The molecule has 0 heterocycles. The van der Waals surface area contributed by atoms with Gasteiger partial charge in [-0.25, -0.2) is 0 Å². The quantitative estimate of drug-likeness (QED) is 0.0198. The van der Waals surface area contributed by atoms with Gasteiger partial charge in [0.05, 0.1) is 40.3 Å². The number of carbonyl (C=O) groups excluding carboxylic acids is 3. The van der Waals surface area contributed by atoms with E-state index in [2.05, 4.69) is 62.5 Å². The predicted octanol–water partition coefficient (Wildman–Crippen LogP) is 13.0. The zero-order chi connectivity index (χ0) is 44.9. The molecule has 0 bridgehead atoms. The molecule has 0 saturated carbocycles. The molecule has 0 spiro atoms. The summed E-state index contributed by atoms with van der Waals surface area (Å²) < 4.78 is 17.2. The highest BCUT2D eigenvalue weighted by molar-refractivity contribution is 5.70. The average Bonchev–Trinajstić information content (AvgIpc) is 3.22. The fourth-order valence-corrected chi connectivity index (χ4v) is 7.27. The summed E-state index contributed by atoms with van der Waals surface area (Å²) >= 11 is 0. The first-order chi connectivity index (χ1) is 29.6. The molecule has 0 aromatic rings. The first kappa shape index (κ1) is 58.3. The number of esters is 2. The van der Waals surface area contributed by atoms with Crippen molar-refractivity contribution in [1.82, 2.24) is 0 Å².